The third kappa shape index (κ3) is 4.85. The van der Waals surface area contributed by atoms with E-state index in [9.17, 15) is 9.90 Å². The first-order valence-corrected chi connectivity index (χ1v) is 13.7. The zero-order chi connectivity index (χ0) is 28.0. The highest BCUT2D eigenvalue weighted by Gasteiger charge is 2.25. The molecule has 6 rings (SSSR count). The molecule has 0 fully saturated rings. The van der Waals surface area contributed by atoms with E-state index in [0.717, 1.165) is 83.3 Å². The zero-order valence-electron chi connectivity index (χ0n) is 23.1. The lowest BCUT2D eigenvalue weighted by atomic mass is 9.86. The second-order valence-corrected chi connectivity index (χ2v) is 10.7. The summed E-state index contributed by atoms with van der Waals surface area (Å²) in [6.45, 7) is 8.07. The highest BCUT2D eigenvalue weighted by atomic mass is 16.5. The van der Waals surface area contributed by atoms with Crippen molar-refractivity contribution in [2.24, 2.45) is 0 Å². The summed E-state index contributed by atoms with van der Waals surface area (Å²) >= 11 is 0. The zero-order valence-corrected chi connectivity index (χ0v) is 23.1. The maximum absolute atomic E-state index is 12.0. The number of pyridine rings is 1. The normalized spacial score (nSPS) is 14.3. The Bertz CT molecular complexity index is 1630. The van der Waals surface area contributed by atoms with Gasteiger partial charge >= 0.3 is 5.97 Å². The molecule has 0 amide bonds. The summed E-state index contributed by atoms with van der Waals surface area (Å²) in [7, 11) is 0. The van der Waals surface area contributed by atoms with Crippen LogP contribution in [0.25, 0.3) is 22.3 Å². The number of hydrogen-bond acceptors (Lipinski definition) is 7. The number of carboxylic acid groups (broad SMARTS) is 1. The van der Waals surface area contributed by atoms with Gasteiger partial charge in [-0.2, -0.15) is 0 Å². The number of carbonyl (C=O) groups is 1. The lowest BCUT2D eigenvalue weighted by molar-refractivity contribution is -0.136. The van der Waals surface area contributed by atoms with Gasteiger partial charge in [0.05, 0.1) is 13.0 Å². The standard InChI is InChI=1S/C32H33N5O3/c1-18-13-28(36-20(3)34-18)37-11-10-21-14-24(6-7-25(21)17-37)31-30(26(16-29(38)39)19(2)35-32(31)33)23-8-9-27-22(15-23)5-4-12-40-27/h6-9,13-15H,4-5,10-12,16-17H2,1-3H3,(H2,33,35)(H,38,39). The Kier molecular flexibility index (Phi) is 6.62. The molecule has 4 aromatic rings. The Labute approximate surface area is 233 Å². The second-order valence-electron chi connectivity index (χ2n) is 10.7. The molecule has 8 heteroatoms. The molecule has 3 N–H and O–H groups in total. The number of hydrogen-bond donors (Lipinski definition) is 2. The fourth-order valence-electron chi connectivity index (χ4n) is 6.02. The Hall–Kier alpha value is -4.46. The second kappa shape index (κ2) is 10.3. The fraction of sp³-hybridized carbons (Fsp3) is 0.312. The summed E-state index contributed by atoms with van der Waals surface area (Å²) in [5.41, 5.74) is 16.0. The SMILES string of the molecule is Cc1cc(N2CCc3cc(-c4c(N)nc(C)c(CC(=O)O)c4-c4ccc5c(c4)CCCO5)ccc3C2)nc(C)n1. The number of carboxylic acids is 1. The molecular weight excluding hydrogens is 502 g/mol. The highest BCUT2D eigenvalue weighted by molar-refractivity contribution is 5.94. The molecule has 0 spiro atoms. The lowest BCUT2D eigenvalue weighted by Gasteiger charge is -2.30. The van der Waals surface area contributed by atoms with E-state index in [1.165, 1.54) is 11.1 Å². The Morgan fingerprint density at radius 1 is 0.950 bits per heavy atom. The third-order valence-electron chi connectivity index (χ3n) is 7.84. The van der Waals surface area contributed by atoms with Crippen LogP contribution in [0, 0.1) is 20.8 Å². The van der Waals surface area contributed by atoms with Crippen molar-refractivity contribution in [2.75, 3.05) is 23.8 Å². The van der Waals surface area contributed by atoms with Crippen molar-refractivity contribution in [3.63, 3.8) is 0 Å². The number of rotatable bonds is 5. The first kappa shape index (κ1) is 25.8. The van der Waals surface area contributed by atoms with E-state index >= 15 is 0 Å². The van der Waals surface area contributed by atoms with E-state index in [0.29, 0.717) is 23.7 Å². The van der Waals surface area contributed by atoms with Gasteiger partial charge in [0.25, 0.3) is 0 Å². The molecule has 0 radical (unpaired) electrons. The fourth-order valence-corrected chi connectivity index (χ4v) is 6.02. The van der Waals surface area contributed by atoms with Gasteiger partial charge in [0.15, 0.2) is 0 Å². The molecule has 204 valence electrons. The molecule has 2 aromatic carbocycles. The molecule has 2 aliphatic rings. The van der Waals surface area contributed by atoms with Crippen LogP contribution in [0.2, 0.25) is 0 Å². The number of aliphatic carboxylic acids is 1. The minimum atomic E-state index is -0.899. The number of benzene rings is 2. The molecule has 0 saturated carbocycles. The largest absolute Gasteiger partial charge is 0.493 e. The summed E-state index contributed by atoms with van der Waals surface area (Å²) in [5, 5.41) is 9.80. The first-order valence-electron chi connectivity index (χ1n) is 13.7. The molecule has 2 aliphatic heterocycles. The molecule has 0 bridgehead atoms. The number of nitrogens with two attached hydrogens (primary N) is 1. The molecule has 4 heterocycles. The molecule has 40 heavy (non-hydrogen) atoms. The predicted molar refractivity (Wildman–Crippen MR) is 156 cm³/mol. The number of aryl methyl sites for hydroxylation is 4. The van der Waals surface area contributed by atoms with Gasteiger partial charge in [0.1, 0.15) is 23.2 Å². The van der Waals surface area contributed by atoms with Crippen LogP contribution in [-0.4, -0.2) is 39.2 Å². The Morgan fingerprint density at radius 3 is 2.52 bits per heavy atom. The topological polar surface area (TPSA) is 114 Å². The van der Waals surface area contributed by atoms with E-state index in [-0.39, 0.29) is 6.42 Å². The van der Waals surface area contributed by atoms with Gasteiger partial charge in [-0.3, -0.25) is 4.79 Å². The summed E-state index contributed by atoms with van der Waals surface area (Å²) in [5.74, 6) is 2.12. The van der Waals surface area contributed by atoms with Crippen molar-refractivity contribution in [1.29, 1.82) is 0 Å². The van der Waals surface area contributed by atoms with E-state index in [1.807, 2.05) is 39.0 Å². The van der Waals surface area contributed by atoms with E-state index in [1.54, 1.807) is 0 Å². The predicted octanol–water partition coefficient (Wildman–Crippen LogP) is 5.23. The monoisotopic (exact) mass is 535 g/mol. The Morgan fingerprint density at radius 2 is 1.73 bits per heavy atom. The van der Waals surface area contributed by atoms with Crippen LogP contribution in [-0.2, 0) is 30.6 Å². The minimum absolute atomic E-state index is 0.132. The molecule has 0 atom stereocenters. The van der Waals surface area contributed by atoms with Crippen LogP contribution < -0.4 is 15.4 Å². The molecule has 0 aliphatic carbocycles. The van der Waals surface area contributed by atoms with E-state index in [2.05, 4.69) is 44.1 Å². The lowest BCUT2D eigenvalue weighted by Crippen LogP contribution is -2.31. The van der Waals surface area contributed by atoms with Crippen LogP contribution >= 0.6 is 0 Å². The van der Waals surface area contributed by atoms with Gasteiger partial charge in [-0.05, 0) is 91.1 Å². The van der Waals surface area contributed by atoms with E-state index in [4.69, 9.17) is 10.5 Å². The van der Waals surface area contributed by atoms with Crippen LogP contribution in [0.1, 0.15) is 45.9 Å². The van der Waals surface area contributed by atoms with Crippen LogP contribution in [0.3, 0.4) is 0 Å². The van der Waals surface area contributed by atoms with Crippen molar-refractivity contribution in [1.82, 2.24) is 15.0 Å². The molecule has 0 saturated heterocycles. The van der Waals surface area contributed by atoms with Crippen LogP contribution in [0.15, 0.2) is 42.5 Å². The number of nitrogens with zero attached hydrogens (tertiary/aromatic N) is 4. The average molecular weight is 536 g/mol. The van der Waals surface area contributed by atoms with Crippen molar-refractivity contribution < 1.29 is 14.6 Å². The van der Waals surface area contributed by atoms with Gasteiger partial charge < -0.3 is 20.5 Å². The van der Waals surface area contributed by atoms with Crippen LogP contribution in [0.4, 0.5) is 11.6 Å². The number of nitrogen functional groups attached to an aromatic ring is 1. The van der Waals surface area contributed by atoms with Gasteiger partial charge in [-0.1, -0.05) is 24.3 Å². The smallest absolute Gasteiger partial charge is 0.307 e. The van der Waals surface area contributed by atoms with Gasteiger partial charge in [0.2, 0.25) is 0 Å². The minimum Gasteiger partial charge on any atom is -0.493 e. The number of anilines is 2. The molecule has 0 unspecified atom stereocenters. The maximum Gasteiger partial charge on any atom is 0.307 e. The van der Waals surface area contributed by atoms with Gasteiger partial charge in [-0.15, -0.1) is 0 Å². The number of aromatic nitrogens is 3. The first-order chi connectivity index (χ1) is 19.3. The Balaban J connectivity index is 1.45. The van der Waals surface area contributed by atoms with Gasteiger partial charge in [0, 0.05) is 36.1 Å². The summed E-state index contributed by atoms with van der Waals surface area (Å²) < 4.78 is 5.84. The van der Waals surface area contributed by atoms with Crippen molar-refractivity contribution in [3.05, 3.63) is 81.9 Å². The maximum atomic E-state index is 12.0. The highest BCUT2D eigenvalue weighted by Crippen LogP contribution is 2.42. The van der Waals surface area contributed by atoms with Gasteiger partial charge in [-0.25, -0.2) is 15.0 Å². The van der Waals surface area contributed by atoms with E-state index < -0.39 is 5.97 Å². The number of fused-ring (bicyclic) bond motifs is 2. The molecule has 8 nitrogen and oxygen atoms in total. The number of ether oxygens (including phenoxy) is 1. The quantitative estimate of drug-likeness (QED) is 0.357. The van der Waals surface area contributed by atoms with Crippen molar-refractivity contribution >= 4 is 17.6 Å². The van der Waals surface area contributed by atoms with Crippen molar-refractivity contribution in [3.8, 4) is 28.0 Å². The third-order valence-corrected chi connectivity index (χ3v) is 7.84. The van der Waals surface area contributed by atoms with Crippen molar-refractivity contribution in [2.45, 2.75) is 53.0 Å². The average Bonchev–Trinajstić information content (AvgIpc) is 2.93. The summed E-state index contributed by atoms with van der Waals surface area (Å²) in [4.78, 5) is 27.9. The molecule has 2 aromatic heterocycles. The molecular formula is C32H33N5O3. The van der Waals surface area contributed by atoms with Crippen LogP contribution in [0.5, 0.6) is 5.75 Å². The summed E-state index contributed by atoms with van der Waals surface area (Å²) in [6, 6.07) is 14.6. The summed E-state index contributed by atoms with van der Waals surface area (Å²) in [6.07, 6.45) is 2.61.